The van der Waals surface area contributed by atoms with Crippen molar-refractivity contribution in [2.45, 2.75) is 37.3 Å². The number of hydrogen-bond donors (Lipinski definition) is 1. The second-order valence-electron chi connectivity index (χ2n) is 7.01. The van der Waals surface area contributed by atoms with Gasteiger partial charge in [-0.15, -0.1) is 0 Å². The molecule has 0 aliphatic heterocycles. The van der Waals surface area contributed by atoms with Gasteiger partial charge in [-0.3, -0.25) is 0 Å². The summed E-state index contributed by atoms with van der Waals surface area (Å²) >= 11 is 17.5. The van der Waals surface area contributed by atoms with Crippen LogP contribution in [0.2, 0.25) is 15.1 Å². The summed E-state index contributed by atoms with van der Waals surface area (Å²) in [6.07, 6.45) is -15.5. The van der Waals surface area contributed by atoms with Gasteiger partial charge >= 0.3 is 12.4 Å². The van der Waals surface area contributed by atoms with Gasteiger partial charge in [0.05, 0.1) is 16.1 Å². The summed E-state index contributed by atoms with van der Waals surface area (Å²) in [7, 11) is 0. The highest BCUT2D eigenvalue weighted by atomic mass is 35.5. The van der Waals surface area contributed by atoms with Gasteiger partial charge in [0, 0.05) is 16.6 Å². The Morgan fingerprint density at radius 1 is 0.970 bits per heavy atom. The summed E-state index contributed by atoms with van der Waals surface area (Å²) in [6, 6.07) is 5.26. The zero-order chi connectivity index (χ0) is 25.4. The lowest BCUT2D eigenvalue weighted by molar-refractivity contribution is -0.387. The van der Waals surface area contributed by atoms with E-state index in [2.05, 4.69) is 0 Å². The Morgan fingerprint density at radius 2 is 1.48 bits per heavy atom. The summed E-state index contributed by atoms with van der Waals surface area (Å²) in [6.45, 7) is 0.957. The second-order valence-corrected chi connectivity index (χ2v) is 8.26. The number of halogens is 9. The molecule has 0 aliphatic rings. The third kappa shape index (κ3) is 5.29. The fourth-order valence-corrected chi connectivity index (χ4v) is 3.98. The molecule has 182 valence electrons. The lowest BCUT2D eigenvalue weighted by atomic mass is 9.75. The molecule has 33 heavy (non-hydrogen) atoms. The maximum Gasteiger partial charge on any atom is 0.426 e. The van der Waals surface area contributed by atoms with E-state index in [-0.39, 0.29) is 25.5 Å². The lowest BCUT2D eigenvalue weighted by Crippen LogP contribution is -2.65. The number of rotatable bonds is 6. The van der Waals surface area contributed by atoms with Gasteiger partial charge in [0.2, 0.25) is 0 Å². The molecule has 0 spiro atoms. The first-order valence-electron chi connectivity index (χ1n) is 9.12. The van der Waals surface area contributed by atoms with E-state index in [1.807, 2.05) is 0 Å². The Balaban J connectivity index is 2.89. The lowest BCUT2D eigenvalue weighted by Gasteiger charge is -2.46. The summed E-state index contributed by atoms with van der Waals surface area (Å²) in [5.41, 5.74) is -6.01. The number of aliphatic hydroxyl groups is 1. The zero-order valence-corrected chi connectivity index (χ0v) is 18.8. The van der Waals surface area contributed by atoms with Crippen LogP contribution in [-0.2, 0) is 0 Å². The van der Waals surface area contributed by atoms with Crippen molar-refractivity contribution < 1.29 is 41.4 Å². The highest BCUT2D eigenvalue weighted by Crippen LogP contribution is 2.54. The van der Waals surface area contributed by atoms with Crippen molar-refractivity contribution in [3.05, 3.63) is 63.1 Å². The monoisotopic (exact) mass is 536 g/mol. The van der Waals surface area contributed by atoms with Crippen LogP contribution in [0.1, 0.15) is 24.9 Å². The molecule has 2 rings (SSSR count). The Hall–Kier alpha value is -1.88. The molecule has 2 aromatic rings. The number of carboxylic acid groups (broad SMARTS) is 1. The molecule has 13 heteroatoms. The molecule has 4 nitrogen and oxygen atoms in total. The maximum absolute atomic E-state index is 13.8. The van der Waals surface area contributed by atoms with E-state index in [4.69, 9.17) is 34.8 Å². The Labute approximate surface area is 199 Å². The van der Waals surface area contributed by atoms with Gasteiger partial charge in [-0.25, -0.2) is 0 Å². The van der Waals surface area contributed by atoms with Gasteiger partial charge in [-0.1, -0.05) is 53.9 Å². The molecule has 0 fully saturated rings. The molecule has 0 saturated carbocycles. The smallest absolute Gasteiger partial charge is 0.426 e. The van der Waals surface area contributed by atoms with Crippen molar-refractivity contribution in [1.29, 1.82) is 0 Å². The number of anilines is 1. The highest BCUT2D eigenvalue weighted by molar-refractivity contribution is 6.42. The van der Waals surface area contributed by atoms with Crippen LogP contribution in [-0.4, -0.2) is 29.2 Å². The van der Waals surface area contributed by atoms with Crippen LogP contribution in [0.15, 0.2) is 42.5 Å². The van der Waals surface area contributed by atoms with Crippen LogP contribution in [0.5, 0.6) is 0 Å². The van der Waals surface area contributed by atoms with Crippen molar-refractivity contribution >= 4 is 46.6 Å². The van der Waals surface area contributed by atoms with Gasteiger partial charge in [0.15, 0.2) is 0 Å². The van der Waals surface area contributed by atoms with E-state index in [1.54, 1.807) is 0 Å². The van der Waals surface area contributed by atoms with Gasteiger partial charge < -0.3 is 19.9 Å². The minimum Gasteiger partial charge on any atom is -0.530 e. The van der Waals surface area contributed by atoms with E-state index in [0.717, 1.165) is 49.4 Å². The highest BCUT2D eigenvalue weighted by Gasteiger charge is 2.74. The summed E-state index contributed by atoms with van der Waals surface area (Å²) < 4.78 is 82.5. The molecular formula is C20H15Cl3F6NO3-. The molecule has 2 atom stereocenters. The van der Waals surface area contributed by atoms with Crippen LogP contribution in [0, 0.1) is 5.92 Å². The van der Waals surface area contributed by atoms with Crippen molar-refractivity contribution in [3.8, 4) is 0 Å². The largest absolute Gasteiger partial charge is 0.530 e. The molecular weight excluding hydrogens is 523 g/mol. The molecule has 2 aromatic carbocycles. The summed E-state index contributed by atoms with van der Waals surface area (Å²) in [4.78, 5) is 12.3. The fraction of sp³-hybridized carbons (Fsp3) is 0.350. The summed E-state index contributed by atoms with van der Waals surface area (Å²) in [5.74, 6) is -2.76. The van der Waals surface area contributed by atoms with E-state index >= 15 is 0 Å². The predicted octanol–water partition coefficient (Wildman–Crippen LogP) is 6.42. The quantitative estimate of drug-likeness (QED) is 0.433. The predicted molar refractivity (Wildman–Crippen MR) is 109 cm³/mol. The fourth-order valence-electron chi connectivity index (χ4n) is 3.56. The molecule has 0 radical (unpaired) electrons. The molecule has 1 amide bonds. The number of hydrogen-bond acceptors (Lipinski definition) is 3. The standard InChI is InChI=1S/C20H16Cl3F6NO3/c1-2-13(18(33,19(24,25)26)20(27,28)29)16(10-3-5-11(21)6-4-10)30(17(31)32)12-7-8-14(22)15(23)9-12/h3-9,13,16,33H,2H2,1H3,(H,31,32)/p-1. The Morgan fingerprint density at radius 3 is 1.88 bits per heavy atom. The van der Waals surface area contributed by atoms with Gasteiger partial charge in [-0.05, 0) is 42.3 Å². The molecule has 1 N–H and O–H groups in total. The first-order valence-corrected chi connectivity index (χ1v) is 10.3. The van der Waals surface area contributed by atoms with Gasteiger partial charge in [-0.2, -0.15) is 26.3 Å². The molecule has 0 aliphatic carbocycles. The number of carbonyl (C=O) groups is 1. The topological polar surface area (TPSA) is 63.6 Å². The van der Waals surface area contributed by atoms with E-state index in [0.29, 0.717) is 0 Å². The van der Waals surface area contributed by atoms with Crippen molar-refractivity contribution in [3.63, 3.8) is 0 Å². The number of amides is 1. The van der Waals surface area contributed by atoms with Crippen molar-refractivity contribution in [1.82, 2.24) is 0 Å². The van der Waals surface area contributed by atoms with E-state index in [9.17, 15) is 41.4 Å². The number of benzene rings is 2. The normalized spacial score (nSPS) is 14.6. The van der Waals surface area contributed by atoms with E-state index in [1.165, 1.54) is 0 Å². The summed E-state index contributed by atoms with van der Waals surface area (Å²) in [5, 5.41) is 22.1. The Bertz CT molecular complexity index is 984. The van der Waals surface area contributed by atoms with E-state index < -0.39 is 48.1 Å². The maximum atomic E-state index is 13.8. The minimum atomic E-state index is -6.20. The Kier molecular flexibility index (Phi) is 8.10. The number of alkyl halides is 6. The van der Waals surface area contributed by atoms with Gasteiger partial charge in [0.1, 0.15) is 6.09 Å². The molecule has 0 aromatic heterocycles. The minimum absolute atomic E-state index is 0.0455. The second kappa shape index (κ2) is 9.77. The number of nitrogens with zero attached hydrogens (tertiary/aromatic N) is 1. The third-order valence-electron chi connectivity index (χ3n) is 5.09. The number of carbonyl (C=O) groups excluding carboxylic acids is 1. The van der Waals surface area contributed by atoms with Crippen LogP contribution >= 0.6 is 34.8 Å². The first-order chi connectivity index (χ1) is 15.1. The molecule has 0 bridgehead atoms. The van der Waals surface area contributed by atoms with Crippen molar-refractivity contribution in [2.75, 3.05) is 4.90 Å². The molecule has 2 unspecified atom stereocenters. The molecule has 0 saturated heterocycles. The van der Waals surface area contributed by atoms with Gasteiger partial charge in [0.25, 0.3) is 5.60 Å². The van der Waals surface area contributed by atoms with Crippen LogP contribution < -0.4 is 10.0 Å². The SMILES string of the molecule is CCC(C(c1ccc(Cl)cc1)N(C(=O)[O-])c1ccc(Cl)c(Cl)c1)C(O)(C(F)(F)F)C(F)(F)F. The molecule has 0 heterocycles. The van der Waals surface area contributed by atoms with Crippen LogP contribution in [0.4, 0.5) is 36.8 Å². The average molecular weight is 538 g/mol. The van der Waals surface area contributed by atoms with Crippen LogP contribution in [0.3, 0.4) is 0 Å². The third-order valence-corrected chi connectivity index (χ3v) is 6.08. The zero-order valence-electron chi connectivity index (χ0n) is 16.5. The van der Waals surface area contributed by atoms with Crippen LogP contribution in [0.25, 0.3) is 0 Å². The average Bonchev–Trinajstić information content (AvgIpc) is 2.68. The van der Waals surface area contributed by atoms with Crippen molar-refractivity contribution in [2.24, 2.45) is 5.92 Å². The first kappa shape index (κ1) is 27.4.